The van der Waals surface area contributed by atoms with Crippen LogP contribution in [-0.2, 0) is 10.0 Å². The molecular weight excluding hydrogens is 343 g/mol. The second kappa shape index (κ2) is 4.78. The molecule has 3 N–H and O–H groups in total. The average molecular weight is 351 g/mol. The van der Waals surface area contributed by atoms with Gasteiger partial charge in [-0.2, -0.15) is 4.98 Å². The molecule has 0 spiro atoms. The molecule has 2 aromatic rings. The molecule has 19 heavy (non-hydrogen) atoms. The van der Waals surface area contributed by atoms with Crippen molar-refractivity contribution < 1.29 is 17.3 Å². The standard InChI is InChI=1S/C9H8BrFN4O3S/c1-4-13-9(18-14-4)15-19(16,17)8-2-5(10)6(11)3-7(8)12/h2-3H,12H2,1H3,(H,13,14,15). The quantitative estimate of drug-likeness (QED) is 0.814. The highest BCUT2D eigenvalue weighted by Crippen LogP contribution is 2.27. The van der Waals surface area contributed by atoms with Gasteiger partial charge >= 0.3 is 6.01 Å². The van der Waals surface area contributed by atoms with Crippen molar-refractivity contribution >= 4 is 37.7 Å². The van der Waals surface area contributed by atoms with Gasteiger partial charge in [0.2, 0.25) is 0 Å². The molecule has 0 saturated carbocycles. The zero-order chi connectivity index (χ0) is 14.2. The van der Waals surface area contributed by atoms with Gasteiger partial charge < -0.3 is 10.3 Å². The molecule has 0 radical (unpaired) electrons. The SMILES string of the molecule is Cc1noc(NS(=O)(=O)c2cc(Br)c(F)cc2N)n1. The van der Waals surface area contributed by atoms with Crippen LogP contribution in [0.15, 0.2) is 26.0 Å². The van der Waals surface area contributed by atoms with Crippen molar-refractivity contribution in [2.75, 3.05) is 10.5 Å². The fraction of sp³-hybridized carbons (Fsp3) is 0.111. The van der Waals surface area contributed by atoms with Crippen molar-refractivity contribution in [3.05, 3.63) is 28.2 Å². The van der Waals surface area contributed by atoms with Gasteiger partial charge in [0, 0.05) is 0 Å². The van der Waals surface area contributed by atoms with Crippen molar-refractivity contribution in [2.24, 2.45) is 0 Å². The number of nitrogens with two attached hydrogens (primary N) is 1. The van der Waals surface area contributed by atoms with Gasteiger partial charge in [-0.15, -0.1) is 0 Å². The number of aromatic nitrogens is 2. The minimum Gasteiger partial charge on any atom is -0.398 e. The van der Waals surface area contributed by atoms with Gasteiger partial charge in [0.05, 0.1) is 10.2 Å². The van der Waals surface area contributed by atoms with E-state index in [4.69, 9.17) is 5.73 Å². The molecule has 0 aliphatic heterocycles. The number of rotatable bonds is 3. The van der Waals surface area contributed by atoms with Gasteiger partial charge in [-0.1, -0.05) is 5.16 Å². The maximum absolute atomic E-state index is 13.2. The topological polar surface area (TPSA) is 111 Å². The van der Waals surface area contributed by atoms with E-state index in [2.05, 4.69) is 35.3 Å². The van der Waals surface area contributed by atoms with E-state index in [9.17, 15) is 12.8 Å². The van der Waals surface area contributed by atoms with E-state index in [0.717, 1.165) is 12.1 Å². The monoisotopic (exact) mass is 350 g/mol. The van der Waals surface area contributed by atoms with Crippen LogP contribution in [0.25, 0.3) is 0 Å². The van der Waals surface area contributed by atoms with Crippen LogP contribution >= 0.6 is 15.9 Å². The fourth-order valence-electron chi connectivity index (χ4n) is 1.29. The van der Waals surface area contributed by atoms with Crippen LogP contribution in [0.2, 0.25) is 0 Å². The Kier molecular flexibility index (Phi) is 3.45. The number of nitrogen functional groups attached to an aromatic ring is 1. The van der Waals surface area contributed by atoms with Crippen LogP contribution in [0, 0.1) is 12.7 Å². The lowest BCUT2D eigenvalue weighted by molar-refractivity contribution is 0.429. The van der Waals surface area contributed by atoms with Crippen LogP contribution in [0.3, 0.4) is 0 Å². The van der Waals surface area contributed by atoms with E-state index in [1.54, 1.807) is 0 Å². The van der Waals surface area contributed by atoms with Crippen LogP contribution < -0.4 is 10.5 Å². The molecule has 1 aromatic carbocycles. The summed E-state index contributed by atoms with van der Waals surface area (Å²) in [5, 5.41) is 3.43. The van der Waals surface area contributed by atoms with Crippen LogP contribution in [0.4, 0.5) is 16.1 Å². The Hall–Kier alpha value is -1.68. The highest BCUT2D eigenvalue weighted by molar-refractivity contribution is 9.10. The fourth-order valence-corrected chi connectivity index (χ4v) is 2.85. The summed E-state index contributed by atoms with van der Waals surface area (Å²) in [6, 6.07) is 1.66. The van der Waals surface area contributed by atoms with E-state index in [1.165, 1.54) is 6.92 Å². The van der Waals surface area contributed by atoms with Gasteiger partial charge in [0.15, 0.2) is 5.82 Å². The normalized spacial score (nSPS) is 11.5. The molecule has 0 atom stereocenters. The number of hydrogen-bond donors (Lipinski definition) is 2. The highest BCUT2D eigenvalue weighted by atomic mass is 79.9. The number of nitrogens with one attached hydrogen (secondary N) is 1. The van der Waals surface area contributed by atoms with Gasteiger partial charge in [-0.05, 0) is 35.0 Å². The number of halogens is 2. The highest BCUT2D eigenvalue weighted by Gasteiger charge is 2.22. The molecule has 0 aliphatic carbocycles. The summed E-state index contributed by atoms with van der Waals surface area (Å²) in [7, 11) is -4.04. The molecule has 7 nitrogen and oxygen atoms in total. The molecule has 102 valence electrons. The summed E-state index contributed by atoms with van der Waals surface area (Å²) in [5.74, 6) is -0.393. The van der Waals surface area contributed by atoms with Crippen molar-refractivity contribution in [3.63, 3.8) is 0 Å². The van der Waals surface area contributed by atoms with Gasteiger partial charge in [0.1, 0.15) is 10.7 Å². The minimum atomic E-state index is -4.04. The molecule has 2 rings (SSSR count). The number of hydrogen-bond acceptors (Lipinski definition) is 6. The Morgan fingerprint density at radius 3 is 2.74 bits per heavy atom. The van der Waals surface area contributed by atoms with Crippen LogP contribution in [0.5, 0.6) is 0 Å². The smallest absolute Gasteiger partial charge is 0.335 e. The summed E-state index contributed by atoms with van der Waals surface area (Å²) in [6.07, 6.45) is 0. The lowest BCUT2D eigenvalue weighted by Crippen LogP contribution is -2.15. The minimum absolute atomic E-state index is 0.0243. The van der Waals surface area contributed by atoms with E-state index in [0.29, 0.717) is 0 Å². The van der Waals surface area contributed by atoms with Gasteiger partial charge in [-0.3, -0.25) is 0 Å². The van der Waals surface area contributed by atoms with Crippen molar-refractivity contribution in [3.8, 4) is 0 Å². The summed E-state index contributed by atoms with van der Waals surface area (Å²) >= 11 is 2.89. The van der Waals surface area contributed by atoms with Crippen molar-refractivity contribution in [2.45, 2.75) is 11.8 Å². The Morgan fingerprint density at radius 1 is 1.47 bits per heavy atom. The zero-order valence-corrected chi connectivity index (χ0v) is 11.9. The summed E-state index contributed by atoms with van der Waals surface area (Å²) in [4.78, 5) is 3.40. The lowest BCUT2D eigenvalue weighted by atomic mass is 10.3. The first-order valence-electron chi connectivity index (χ1n) is 4.87. The van der Waals surface area contributed by atoms with Crippen molar-refractivity contribution in [1.82, 2.24) is 10.1 Å². The summed E-state index contributed by atoms with van der Waals surface area (Å²) in [6.45, 7) is 1.53. The molecule has 0 unspecified atom stereocenters. The number of aryl methyl sites for hydroxylation is 1. The zero-order valence-electron chi connectivity index (χ0n) is 9.52. The maximum atomic E-state index is 13.2. The second-order valence-electron chi connectivity index (χ2n) is 3.56. The lowest BCUT2D eigenvalue weighted by Gasteiger charge is -2.08. The first-order chi connectivity index (χ1) is 8.79. The first-order valence-corrected chi connectivity index (χ1v) is 7.15. The Morgan fingerprint density at radius 2 is 2.16 bits per heavy atom. The summed E-state index contributed by atoms with van der Waals surface area (Å²) < 4.78 is 43.9. The van der Waals surface area contributed by atoms with E-state index < -0.39 is 15.8 Å². The number of anilines is 2. The van der Waals surface area contributed by atoms with E-state index in [-0.39, 0.29) is 26.9 Å². The van der Waals surface area contributed by atoms with Crippen LogP contribution in [0.1, 0.15) is 5.82 Å². The Balaban J connectivity index is 2.42. The van der Waals surface area contributed by atoms with Crippen molar-refractivity contribution in [1.29, 1.82) is 0 Å². The second-order valence-corrected chi connectivity index (χ2v) is 6.06. The first kappa shape index (κ1) is 13.7. The van der Waals surface area contributed by atoms with Gasteiger partial charge in [-0.25, -0.2) is 17.5 Å². The largest absolute Gasteiger partial charge is 0.398 e. The molecule has 0 fully saturated rings. The maximum Gasteiger partial charge on any atom is 0.335 e. The predicted octanol–water partition coefficient (Wildman–Crippen LogP) is 1.66. The molecule has 1 aromatic heterocycles. The molecule has 0 saturated heterocycles. The third-order valence-electron chi connectivity index (χ3n) is 2.09. The molecule has 0 amide bonds. The Bertz CT molecular complexity index is 731. The summed E-state index contributed by atoms with van der Waals surface area (Å²) in [5.41, 5.74) is 5.26. The third-order valence-corrected chi connectivity index (χ3v) is 4.08. The van der Waals surface area contributed by atoms with E-state index >= 15 is 0 Å². The third kappa shape index (κ3) is 2.84. The van der Waals surface area contributed by atoms with Crippen LogP contribution in [-0.4, -0.2) is 18.6 Å². The van der Waals surface area contributed by atoms with Gasteiger partial charge in [0.25, 0.3) is 10.0 Å². The molecule has 0 bridgehead atoms. The molecule has 10 heteroatoms. The number of sulfonamides is 1. The Labute approximate surface area is 116 Å². The number of nitrogens with zero attached hydrogens (tertiary/aromatic N) is 2. The molecule has 0 aliphatic rings. The van der Waals surface area contributed by atoms with E-state index in [1.807, 2.05) is 0 Å². The predicted molar refractivity (Wildman–Crippen MR) is 68.4 cm³/mol. The molecule has 1 heterocycles. The average Bonchev–Trinajstić information content (AvgIpc) is 2.68. The molecular formula is C9H8BrFN4O3S. The number of benzene rings is 1.